The Balaban J connectivity index is 1.56. The number of methoxy groups -OCH3 is 2. The lowest BCUT2D eigenvalue weighted by Crippen LogP contribution is -2.47. The second-order valence-electron chi connectivity index (χ2n) is 16.7. The van der Waals surface area contributed by atoms with Crippen molar-refractivity contribution in [3.05, 3.63) is 75.7 Å². The molecular weight excluding hydrogens is 815 g/mol. The third-order valence-electron chi connectivity index (χ3n) is 12.0. The molecule has 63 heavy (non-hydrogen) atoms. The van der Waals surface area contributed by atoms with Crippen molar-refractivity contribution in [1.82, 2.24) is 9.88 Å². The van der Waals surface area contributed by atoms with Gasteiger partial charge < -0.3 is 53.3 Å². The van der Waals surface area contributed by atoms with Gasteiger partial charge in [0.2, 0.25) is 5.78 Å². The molecule has 1 amide bonds. The Morgan fingerprint density at radius 3 is 2.37 bits per heavy atom. The van der Waals surface area contributed by atoms with Crippen LogP contribution in [-0.2, 0) is 28.5 Å². The molecule has 0 spiro atoms. The summed E-state index contributed by atoms with van der Waals surface area (Å²) in [5.74, 6) is -3.92. The maximum atomic E-state index is 14.4. The maximum absolute atomic E-state index is 14.4. The Bertz CT molecular complexity index is 2560. The predicted molar refractivity (Wildman–Crippen MR) is 236 cm³/mol. The Hall–Kier alpha value is -5.81. The van der Waals surface area contributed by atoms with Crippen molar-refractivity contribution in [1.29, 1.82) is 0 Å². The lowest BCUT2D eigenvalue weighted by atomic mass is 9.78. The molecule has 1 aromatic heterocycles. The van der Waals surface area contributed by atoms with Crippen LogP contribution >= 0.6 is 0 Å². The number of ether oxygens (including phenoxy) is 6. The highest BCUT2D eigenvalue weighted by Crippen LogP contribution is 2.47. The number of aliphatic hydroxyl groups is 1. The number of hydrogen-bond acceptors (Lipinski definition) is 15. The van der Waals surface area contributed by atoms with Gasteiger partial charge in [-0.05, 0) is 46.2 Å². The third-order valence-corrected chi connectivity index (χ3v) is 12.0. The summed E-state index contributed by atoms with van der Waals surface area (Å²) < 4.78 is 42.0. The summed E-state index contributed by atoms with van der Waals surface area (Å²) >= 11 is 0. The molecule has 9 atom stereocenters. The first-order valence-electron chi connectivity index (χ1n) is 20.9. The van der Waals surface area contributed by atoms with Crippen LogP contribution in [0.2, 0.25) is 0 Å². The summed E-state index contributed by atoms with van der Waals surface area (Å²) in [5.41, 5.74) is -0.358. The highest BCUT2D eigenvalue weighted by atomic mass is 16.7. The van der Waals surface area contributed by atoms with E-state index in [-0.39, 0.29) is 55.6 Å². The molecule has 0 saturated carbocycles. The van der Waals surface area contributed by atoms with Crippen LogP contribution in [0, 0.1) is 30.6 Å². The second kappa shape index (κ2) is 19.3. The summed E-state index contributed by atoms with van der Waals surface area (Å²) in [7, 11) is 6.86. The number of allylic oxidation sites excluding steroid dienone is 2. The number of aromatic nitrogens is 1. The van der Waals surface area contributed by atoms with Gasteiger partial charge in [-0.3, -0.25) is 19.2 Å². The van der Waals surface area contributed by atoms with Gasteiger partial charge >= 0.3 is 12.3 Å². The molecule has 3 aliphatic rings. The fourth-order valence-electron chi connectivity index (χ4n) is 8.44. The molecule has 3 aliphatic heterocycles. The molecule has 338 valence electrons. The molecule has 16 nitrogen and oxygen atoms in total. The fourth-order valence-corrected chi connectivity index (χ4v) is 8.44. The first-order valence-corrected chi connectivity index (χ1v) is 20.9. The van der Waals surface area contributed by atoms with Crippen LogP contribution in [0.1, 0.15) is 57.5 Å². The van der Waals surface area contributed by atoms with E-state index < -0.39 is 83.2 Å². The van der Waals surface area contributed by atoms with Gasteiger partial charge in [-0.2, -0.15) is 0 Å². The summed E-state index contributed by atoms with van der Waals surface area (Å²) in [4.78, 5) is 61.9. The third kappa shape index (κ3) is 9.30. The maximum Gasteiger partial charge on any atom is 0.304 e. The molecule has 16 heteroatoms. The second-order valence-corrected chi connectivity index (χ2v) is 16.7. The summed E-state index contributed by atoms with van der Waals surface area (Å²) in [6.45, 7) is 12.7. The number of hydrogen-bond donors (Lipinski definition) is 3. The molecule has 0 unspecified atom stereocenters. The zero-order chi connectivity index (χ0) is 46.0. The van der Waals surface area contributed by atoms with Crippen LogP contribution < -0.4 is 20.2 Å². The van der Waals surface area contributed by atoms with Crippen molar-refractivity contribution in [3.63, 3.8) is 0 Å². The topological polar surface area (TPSA) is 205 Å². The lowest BCUT2D eigenvalue weighted by molar-refractivity contribution is -0.162. The number of rotatable bonds is 7. The smallest absolute Gasteiger partial charge is 0.304 e. The van der Waals surface area contributed by atoms with Gasteiger partial charge in [-0.1, -0.05) is 45.9 Å². The quantitative estimate of drug-likeness (QED) is 0.0818. The van der Waals surface area contributed by atoms with E-state index in [4.69, 9.17) is 37.8 Å². The Kier molecular flexibility index (Phi) is 14.3. The zero-order valence-corrected chi connectivity index (χ0v) is 37.5. The van der Waals surface area contributed by atoms with E-state index in [0.29, 0.717) is 24.4 Å². The first-order chi connectivity index (χ1) is 29.9. The van der Waals surface area contributed by atoms with Gasteiger partial charge in [0.1, 0.15) is 40.9 Å². The largest absolute Gasteiger partial charge is 0.505 e. The van der Waals surface area contributed by atoms with Crippen molar-refractivity contribution in [3.8, 4) is 17.2 Å². The van der Waals surface area contributed by atoms with Crippen molar-refractivity contribution >= 4 is 56.3 Å². The molecule has 0 saturated heterocycles. The Labute approximate surface area is 365 Å². The molecule has 0 fully saturated rings. The number of anilines is 1. The van der Waals surface area contributed by atoms with Crippen LogP contribution in [0.25, 0.3) is 33.0 Å². The number of esters is 1. The van der Waals surface area contributed by atoms with E-state index in [1.54, 1.807) is 49.4 Å². The standard InChI is InChI=1S/C47H57N3O13/c1-22-13-12-14-23(2)46(56)49-37-40(54)34-33(36-45(37)62-32-21-29(15-16-30(32)48-36)59-20-18-50(8)9)35-41(55)47(63-44(35)26(5)39(34)53)60-19-17-31(57-10)24(3)43(61-28(7)51)27(6)42(58-11)25(4)38(22)52/h12-17,19,21-22,24-25,27,31,38,42-43,47,52,54H,18,20H2,1-11H3,(H,49,56)/b13-12+,19-17+,23-14-/t22-,24+,25+,27+,31-,38-,42+,43+,47-/m0/s1. The minimum Gasteiger partial charge on any atom is -0.505 e. The zero-order valence-electron chi connectivity index (χ0n) is 37.5. The van der Waals surface area contributed by atoms with Crippen LogP contribution in [0.5, 0.6) is 17.2 Å². The molecular formula is C47H57N3O13. The van der Waals surface area contributed by atoms with Crippen LogP contribution in [-0.4, -0.2) is 110 Å². The number of phenolic OH excluding ortho intramolecular Hbond substituents is 1. The van der Waals surface area contributed by atoms with Gasteiger partial charge in [0.25, 0.3) is 5.91 Å². The molecule has 4 aromatic rings. The number of carbonyl (C=O) groups excluding carboxylic acids is 3. The lowest BCUT2D eigenvalue weighted by Gasteiger charge is -2.39. The van der Waals surface area contributed by atoms with Gasteiger partial charge in [-0.25, -0.2) is 4.98 Å². The SMILES string of the molecule is CO[C@H]1[C@@H](C)[C@H](OC(C)=O)[C@H](C)[C@@H](OC)/C=C/O[C@H]2Oc3c(C)c(=O)c4c(O)c(c5oc6cc(OCCN(C)C)ccc6nc5c4c3C2=O)NC(=O)/C(C)=C\C=C\[C@H](C)[C@H](O)[C@H]1C. The molecule has 3 N–H and O–H groups in total. The average Bonchev–Trinajstić information content (AvgIpc) is 3.57. The first kappa shape index (κ1) is 46.7. The number of amides is 1. The number of fused-ring (bicyclic) bond motifs is 14. The number of phenols is 1. The number of aliphatic hydroxyl groups excluding tert-OH is 1. The van der Waals surface area contributed by atoms with E-state index in [2.05, 4.69) is 5.32 Å². The van der Waals surface area contributed by atoms with E-state index >= 15 is 0 Å². The highest BCUT2D eigenvalue weighted by molar-refractivity contribution is 6.26. The molecule has 3 aromatic carbocycles. The number of Topliss-reactive ketones (excluding diaryl/α,β-unsaturated/α-hetero) is 1. The minimum atomic E-state index is -1.57. The van der Waals surface area contributed by atoms with Gasteiger partial charge in [-0.15, -0.1) is 0 Å². The predicted octanol–water partition coefficient (Wildman–Crippen LogP) is 6.20. The van der Waals surface area contributed by atoms with Gasteiger partial charge in [0, 0.05) is 73.9 Å². The number of likely N-dealkylation sites (N-methyl/N-ethyl adjacent to an activating group) is 1. The number of ketones is 1. The van der Waals surface area contributed by atoms with Crippen molar-refractivity contribution in [2.24, 2.45) is 23.7 Å². The molecule has 7 rings (SSSR count). The average molecular weight is 872 g/mol. The molecule has 5 bridgehead atoms. The summed E-state index contributed by atoms with van der Waals surface area (Å²) in [5, 5.41) is 26.0. The number of nitrogens with one attached hydrogen (secondary N) is 1. The van der Waals surface area contributed by atoms with Crippen molar-refractivity contribution < 1.29 is 57.4 Å². The summed E-state index contributed by atoms with van der Waals surface area (Å²) in [6.07, 6.45) is 3.16. The number of benzene rings is 3. The molecule has 0 radical (unpaired) electrons. The molecule has 0 aliphatic carbocycles. The van der Waals surface area contributed by atoms with E-state index in [1.165, 1.54) is 34.3 Å². The van der Waals surface area contributed by atoms with Gasteiger partial charge in [0.15, 0.2) is 22.3 Å². The van der Waals surface area contributed by atoms with Gasteiger partial charge in [0.05, 0.1) is 35.5 Å². The van der Waals surface area contributed by atoms with E-state index in [0.717, 1.165) is 0 Å². The van der Waals surface area contributed by atoms with Crippen LogP contribution in [0.3, 0.4) is 0 Å². The normalized spacial score (nSPS) is 27.8. The number of nitrogens with zero attached hydrogens (tertiary/aromatic N) is 2. The van der Waals surface area contributed by atoms with Crippen LogP contribution in [0.15, 0.2) is 63.6 Å². The Morgan fingerprint density at radius 2 is 1.70 bits per heavy atom. The van der Waals surface area contributed by atoms with E-state index in [1.807, 2.05) is 46.7 Å². The molecule has 4 heterocycles. The fraction of sp³-hybridized carbons (Fsp3) is 0.468. The monoisotopic (exact) mass is 871 g/mol. The van der Waals surface area contributed by atoms with E-state index in [9.17, 15) is 29.4 Å². The number of carbonyl (C=O) groups is 3. The van der Waals surface area contributed by atoms with Crippen molar-refractivity contribution in [2.45, 2.75) is 79.2 Å². The van der Waals surface area contributed by atoms with Crippen molar-refractivity contribution in [2.75, 3.05) is 46.8 Å². The Morgan fingerprint density at radius 1 is 0.968 bits per heavy atom. The summed E-state index contributed by atoms with van der Waals surface area (Å²) in [6, 6.07) is 4.99. The van der Waals surface area contributed by atoms with Crippen LogP contribution in [0.4, 0.5) is 5.69 Å². The number of aromatic hydroxyl groups is 1. The minimum absolute atomic E-state index is 0.00504. The highest BCUT2D eigenvalue weighted by Gasteiger charge is 2.42.